The topological polar surface area (TPSA) is 73.2 Å². The summed E-state index contributed by atoms with van der Waals surface area (Å²) in [5.41, 5.74) is 0.996. The number of benzene rings is 1. The van der Waals surface area contributed by atoms with E-state index in [-0.39, 0.29) is 4.90 Å². The summed E-state index contributed by atoms with van der Waals surface area (Å²) in [7, 11) is -2.28. The molecule has 0 atom stereocenters. The van der Waals surface area contributed by atoms with Crippen molar-refractivity contribution in [1.29, 1.82) is 0 Å². The van der Waals surface area contributed by atoms with Gasteiger partial charge in [0.1, 0.15) is 16.3 Å². The van der Waals surface area contributed by atoms with E-state index in [9.17, 15) is 8.42 Å². The Bertz CT molecular complexity index is 999. The summed E-state index contributed by atoms with van der Waals surface area (Å²) in [5, 5.41) is 0.904. The standard InChI is InChI=1S/C16H16ClN3O3S/c1-3-20-10-15(12-5-4-8-18-16(12)20)24(21,22)19-11-6-7-14(23-2)13(17)9-11/h4-10,19H,3H2,1-2H3. The van der Waals surface area contributed by atoms with E-state index >= 15 is 0 Å². The molecule has 0 saturated carbocycles. The van der Waals surface area contributed by atoms with Crippen LogP contribution in [-0.4, -0.2) is 25.1 Å². The molecule has 3 rings (SSSR count). The fourth-order valence-electron chi connectivity index (χ4n) is 2.49. The van der Waals surface area contributed by atoms with E-state index in [0.29, 0.717) is 34.0 Å². The molecule has 0 spiro atoms. The molecule has 0 aliphatic heterocycles. The molecule has 2 aromatic heterocycles. The molecule has 1 N–H and O–H groups in total. The van der Waals surface area contributed by atoms with E-state index < -0.39 is 10.0 Å². The van der Waals surface area contributed by atoms with Gasteiger partial charge in [-0.25, -0.2) is 13.4 Å². The van der Waals surface area contributed by atoms with E-state index in [1.807, 2.05) is 6.92 Å². The van der Waals surface area contributed by atoms with Crippen molar-refractivity contribution >= 4 is 38.3 Å². The normalized spacial score (nSPS) is 11.6. The monoisotopic (exact) mass is 365 g/mol. The molecular formula is C16H16ClN3O3S. The zero-order chi connectivity index (χ0) is 17.3. The van der Waals surface area contributed by atoms with E-state index in [1.165, 1.54) is 13.2 Å². The molecule has 0 bridgehead atoms. The van der Waals surface area contributed by atoms with Crippen LogP contribution in [0.1, 0.15) is 6.92 Å². The van der Waals surface area contributed by atoms with Crippen LogP contribution >= 0.6 is 11.6 Å². The van der Waals surface area contributed by atoms with Crippen LogP contribution < -0.4 is 9.46 Å². The van der Waals surface area contributed by atoms with Crippen molar-refractivity contribution in [3.05, 3.63) is 47.7 Å². The first-order chi connectivity index (χ1) is 11.5. The predicted molar refractivity (Wildman–Crippen MR) is 94.2 cm³/mol. The number of methoxy groups -OCH3 is 1. The summed E-state index contributed by atoms with van der Waals surface area (Å²) < 4.78 is 35.0. The van der Waals surface area contributed by atoms with Gasteiger partial charge in [0.25, 0.3) is 10.0 Å². The third kappa shape index (κ3) is 2.92. The second-order valence-electron chi connectivity index (χ2n) is 5.11. The second-order valence-corrected chi connectivity index (χ2v) is 7.17. The lowest BCUT2D eigenvalue weighted by Gasteiger charge is -2.09. The fraction of sp³-hybridized carbons (Fsp3) is 0.188. The van der Waals surface area contributed by atoms with Gasteiger partial charge in [-0.1, -0.05) is 11.6 Å². The molecule has 0 unspecified atom stereocenters. The third-order valence-corrected chi connectivity index (χ3v) is 5.34. The Kier molecular flexibility index (Phi) is 4.38. The van der Waals surface area contributed by atoms with Gasteiger partial charge in [0, 0.05) is 24.3 Å². The minimum Gasteiger partial charge on any atom is -0.495 e. The Morgan fingerprint density at radius 2 is 2.12 bits per heavy atom. The first-order valence-corrected chi connectivity index (χ1v) is 9.12. The quantitative estimate of drug-likeness (QED) is 0.750. The molecule has 3 aromatic rings. The molecule has 0 aliphatic rings. The highest BCUT2D eigenvalue weighted by Crippen LogP contribution is 2.30. The summed E-state index contributed by atoms with van der Waals surface area (Å²) in [6, 6.07) is 8.17. The highest BCUT2D eigenvalue weighted by Gasteiger charge is 2.21. The number of nitrogens with one attached hydrogen (secondary N) is 1. The maximum atomic E-state index is 12.8. The average molecular weight is 366 g/mol. The van der Waals surface area contributed by atoms with Crippen LogP contribution in [0.4, 0.5) is 5.69 Å². The molecule has 0 amide bonds. The maximum Gasteiger partial charge on any atom is 0.264 e. The Morgan fingerprint density at radius 3 is 2.79 bits per heavy atom. The molecule has 1 aromatic carbocycles. The number of ether oxygens (including phenoxy) is 1. The molecule has 24 heavy (non-hydrogen) atoms. The Balaban J connectivity index is 2.04. The zero-order valence-corrected chi connectivity index (χ0v) is 14.7. The van der Waals surface area contributed by atoms with Gasteiger partial charge in [-0.05, 0) is 37.3 Å². The number of aryl methyl sites for hydroxylation is 1. The Morgan fingerprint density at radius 1 is 1.33 bits per heavy atom. The van der Waals surface area contributed by atoms with E-state index in [4.69, 9.17) is 16.3 Å². The largest absolute Gasteiger partial charge is 0.495 e. The van der Waals surface area contributed by atoms with Gasteiger partial charge in [-0.3, -0.25) is 4.72 Å². The van der Waals surface area contributed by atoms with Crippen molar-refractivity contribution < 1.29 is 13.2 Å². The van der Waals surface area contributed by atoms with Crippen LogP contribution in [0.5, 0.6) is 5.75 Å². The fourth-order valence-corrected chi connectivity index (χ4v) is 4.01. The number of halogens is 1. The van der Waals surface area contributed by atoms with E-state index in [2.05, 4.69) is 9.71 Å². The number of rotatable bonds is 5. The minimum absolute atomic E-state index is 0.180. The van der Waals surface area contributed by atoms with Gasteiger partial charge in [-0.2, -0.15) is 0 Å². The summed E-state index contributed by atoms with van der Waals surface area (Å²) in [4.78, 5) is 4.44. The smallest absolute Gasteiger partial charge is 0.264 e. The maximum absolute atomic E-state index is 12.8. The summed E-state index contributed by atoms with van der Waals surface area (Å²) in [5.74, 6) is 0.478. The lowest BCUT2D eigenvalue weighted by Crippen LogP contribution is -2.12. The molecule has 6 nitrogen and oxygen atoms in total. The van der Waals surface area contributed by atoms with Crippen molar-refractivity contribution in [2.45, 2.75) is 18.4 Å². The number of nitrogens with zero attached hydrogens (tertiary/aromatic N) is 2. The van der Waals surface area contributed by atoms with E-state index in [1.54, 1.807) is 41.2 Å². The highest BCUT2D eigenvalue weighted by molar-refractivity contribution is 7.93. The summed E-state index contributed by atoms with van der Waals surface area (Å²) in [6.45, 7) is 2.55. The van der Waals surface area contributed by atoms with Crippen LogP contribution in [0.15, 0.2) is 47.6 Å². The van der Waals surface area contributed by atoms with Crippen molar-refractivity contribution in [3.8, 4) is 5.75 Å². The molecule has 0 saturated heterocycles. The van der Waals surface area contributed by atoms with Gasteiger partial charge in [0.2, 0.25) is 0 Å². The lowest BCUT2D eigenvalue weighted by molar-refractivity contribution is 0.415. The van der Waals surface area contributed by atoms with Crippen molar-refractivity contribution in [1.82, 2.24) is 9.55 Å². The summed E-state index contributed by atoms with van der Waals surface area (Å²) in [6.07, 6.45) is 3.23. The molecule has 0 fully saturated rings. The molecule has 2 heterocycles. The predicted octanol–water partition coefficient (Wildman–Crippen LogP) is 3.52. The molecule has 126 valence electrons. The number of sulfonamides is 1. The number of anilines is 1. The average Bonchev–Trinajstić information content (AvgIpc) is 2.94. The highest BCUT2D eigenvalue weighted by atomic mass is 35.5. The van der Waals surface area contributed by atoms with Crippen LogP contribution in [0, 0.1) is 0 Å². The van der Waals surface area contributed by atoms with Gasteiger partial charge in [0.05, 0.1) is 17.8 Å². The van der Waals surface area contributed by atoms with Crippen molar-refractivity contribution in [3.63, 3.8) is 0 Å². The molecule has 0 radical (unpaired) electrons. The Labute approximate surface area is 145 Å². The summed E-state index contributed by atoms with van der Waals surface area (Å²) >= 11 is 6.05. The van der Waals surface area contributed by atoms with E-state index in [0.717, 1.165) is 0 Å². The second kappa shape index (κ2) is 6.33. The number of hydrogen-bond donors (Lipinski definition) is 1. The number of pyridine rings is 1. The number of aromatic nitrogens is 2. The van der Waals surface area contributed by atoms with Crippen LogP contribution in [0.2, 0.25) is 5.02 Å². The van der Waals surface area contributed by atoms with Crippen molar-refractivity contribution in [2.75, 3.05) is 11.8 Å². The van der Waals surface area contributed by atoms with Crippen molar-refractivity contribution in [2.24, 2.45) is 0 Å². The van der Waals surface area contributed by atoms with Gasteiger partial charge in [-0.15, -0.1) is 0 Å². The SMILES string of the molecule is CCn1cc(S(=O)(=O)Nc2ccc(OC)c(Cl)c2)c2cccnc21. The van der Waals surface area contributed by atoms with Crippen LogP contribution in [0.3, 0.4) is 0 Å². The first kappa shape index (κ1) is 16.6. The van der Waals surface area contributed by atoms with Gasteiger partial charge < -0.3 is 9.30 Å². The van der Waals surface area contributed by atoms with Crippen LogP contribution in [-0.2, 0) is 16.6 Å². The van der Waals surface area contributed by atoms with Gasteiger partial charge in [0.15, 0.2) is 0 Å². The molecular weight excluding hydrogens is 350 g/mol. The molecule has 8 heteroatoms. The number of hydrogen-bond acceptors (Lipinski definition) is 4. The number of fused-ring (bicyclic) bond motifs is 1. The Hall–Kier alpha value is -2.25. The molecule has 0 aliphatic carbocycles. The van der Waals surface area contributed by atoms with Crippen LogP contribution in [0.25, 0.3) is 11.0 Å². The van der Waals surface area contributed by atoms with Gasteiger partial charge >= 0.3 is 0 Å². The minimum atomic E-state index is -3.78. The third-order valence-electron chi connectivity index (χ3n) is 3.63. The zero-order valence-electron chi connectivity index (χ0n) is 13.2. The lowest BCUT2D eigenvalue weighted by atomic mass is 10.3. The first-order valence-electron chi connectivity index (χ1n) is 7.26.